The third-order valence-electron chi connectivity index (χ3n) is 5.61. The van der Waals surface area contributed by atoms with Gasteiger partial charge in [-0.15, -0.1) is 0 Å². The van der Waals surface area contributed by atoms with E-state index in [0.717, 1.165) is 0 Å². The predicted molar refractivity (Wildman–Crippen MR) is 123 cm³/mol. The number of nitrogens with one attached hydrogen (secondary N) is 2. The molecule has 1 unspecified atom stereocenters. The Morgan fingerprint density at radius 3 is 2.67 bits per heavy atom. The summed E-state index contributed by atoms with van der Waals surface area (Å²) in [5.74, 6) is 2.82. The molecular weight excluding hydrogens is 479 g/mol. The Labute approximate surface area is 203 Å². The van der Waals surface area contributed by atoms with Gasteiger partial charge in [-0.2, -0.15) is 13.2 Å². The van der Waals surface area contributed by atoms with Gasteiger partial charge in [-0.05, 0) is 18.6 Å². The molecule has 1 aromatic carbocycles. The van der Waals surface area contributed by atoms with Crippen molar-refractivity contribution < 1.29 is 32.6 Å². The van der Waals surface area contributed by atoms with Gasteiger partial charge in [-0.25, -0.2) is 9.97 Å². The summed E-state index contributed by atoms with van der Waals surface area (Å²) in [6, 6.07) is 8.44. The molecule has 0 saturated carbocycles. The first-order valence-corrected chi connectivity index (χ1v) is 11.1. The molecule has 2 amide bonds. The highest BCUT2D eigenvalue weighted by Gasteiger charge is 2.38. The predicted octanol–water partition coefficient (Wildman–Crippen LogP) is 2.77. The van der Waals surface area contributed by atoms with Gasteiger partial charge in [0.25, 0.3) is 5.91 Å². The van der Waals surface area contributed by atoms with Crippen molar-refractivity contribution in [3.05, 3.63) is 54.0 Å². The average Bonchev–Trinajstić information content (AvgIpc) is 3.42. The van der Waals surface area contributed by atoms with Crippen LogP contribution in [0.2, 0.25) is 0 Å². The molecular formula is C24H22F3N5O4. The minimum atomic E-state index is -5.02. The van der Waals surface area contributed by atoms with Crippen LogP contribution in [-0.2, 0) is 9.53 Å². The maximum Gasteiger partial charge on any atom is 0.471 e. The number of rotatable bonds is 5. The minimum absolute atomic E-state index is 0.141. The summed E-state index contributed by atoms with van der Waals surface area (Å²) in [6.45, 7) is 1.33. The number of hydrogen-bond donors (Lipinski definition) is 3. The van der Waals surface area contributed by atoms with Crippen molar-refractivity contribution in [2.45, 2.75) is 44.4 Å². The van der Waals surface area contributed by atoms with Crippen molar-refractivity contribution in [3.8, 4) is 11.8 Å². The van der Waals surface area contributed by atoms with E-state index in [1.165, 1.54) is 6.33 Å². The number of fused-ring (bicyclic) bond motifs is 1. The Hall–Kier alpha value is -3.95. The molecule has 188 valence electrons. The fraction of sp³-hybridized carbons (Fsp3) is 0.333. The van der Waals surface area contributed by atoms with E-state index in [9.17, 15) is 27.9 Å². The van der Waals surface area contributed by atoms with Crippen LogP contribution in [0.15, 0.2) is 42.9 Å². The second kappa shape index (κ2) is 10.3. The van der Waals surface area contributed by atoms with Gasteiger partial charge in [0.15, 0.2) is 0 Å². The number of amides is 2. The third kappa shape index (κ3) is 5.32. The van der Waals surface area contributed by atoms with Crippen molar-refractivity contribution in [3.63, 3.8) is 0 Å². The van der Waals surface area contributed by atoms with Crippen molar-refractivity contribution in [2.24, 2.45) is 0 Å². The Bertz CT molecular complexity index is 1330. The van der Waals surface area contributed by atoms with Crippen LogP contribution in [-0.4, -0.2) is 56.4 Å². The van der Waals surface area contributed by atoms with Crippen LogP contribution < -0.4 is 10.6 Å². The molecule has 1 fully saturated rings. The molecule has 3 aromatic rings. The topological polar surface area (TPSA) is 118 Å². The summed E-state index contributed by atoms with van der Waals surface area (Å²) in [5, 5.41) is 15.1. The molecule has 0 spiro atoms. The number of ether oxygens (including phenoxy) is 1. The van der Waals surface area contributed by atoms with Gasteiger partial charge in [-0.1, -0.05) is 37.0 Å². The molecule has 0 aliphatic carbocycles. The normalized spacial score (nSPS) is 19.5. The summed E-state index contributed by atoms with van der Waals surface area (Å²) in [7, 11) is 0. The summed E-state index contributed by atoms with van der Waals surface area (Å²) in [5.41, 5.74) is 1.04. The number of halogens is 3. The van der Waals surface area contributed by atoms with Crippen molar-refractivity contribution in [1.29, 1.82) is 0 Å². The Morgan fingerprint density at radius 1 is 1.25 bits per heavy atom. The lowest BCUT2D eigenvalue weighted by Gasteiger charge is -2.14. The summed E-state index contributed by atoms with van der Waals surface area (Å²) >= 11 is 0. The highest BCUT2D eigenvalue weighted by Crippen LogP contribution is 2.35. The van der Waals surface area contributed by atoms with Crippen LogP contribution in [0.25, 0.3) is 11.0 Å². The van der Waals surface area contributed by atoms with E-state index >= 15 is 0 Å². The second-order valence-corrected chi connectivity index (χ2v) is 8.01. The summed E-state index contributed by atoms with van der Waals surface area (Å²) in [6.07, 6.45) is -2.96. The summed E-state index contributed by atoms with van der Waals surface area (Å²) in [4.78, 5) is 32.3. The number of carbonyl (C=O) groups excluding carboxylic acids is 2. The highest BCUT2D eigenvalue weighted by atomic mass is 19.4. The van der Waals surface area contributed by atoms with Crippen LogP contribution >= 0.6 is 0 Å². The fourth-order valence-electron chi connectivity index (χ4n) is 3.88. The van der Waals surface area contributed by atoms with Crippen molar-refractivity contribution in [1.82, 2.24) is 19.9 Å². The molecule has 2 aromatic heterocycles. The van der Waals surface area contributed by atoms with Gasteiger partial charge in [-0.3, -0.25) is 9.59 Å². The standard InChI is InChI=1S/C24H22F3N5O4/c1-2-17-16(33)11-18(36-17)32-12-15(9-6-10-28-23(35)24(25,26)27)19-20(29-13-30-21(19)32)31-22(34)14-7-4-3-5-8-14/h3-5,7-8,12-13,16-18,33H,2,10-11H2,1H3,(H,28,35)(H,29,30,31,34)/t16?,17-,18-/m1/s1. The lowest BCUT2D eigenvalue weighted by molar-refractivity contribution is -0.173. The Kier molecular flexibility index (Phi) is 7.23. The zero-order valence-electron chi connectivity index (χ0n) is 19.0. The molecule has 3 N–H and O–H groups in total. The smallest absolute Gasteiger partial charge is 0.390 e. The number of anilines is 1. The van der Waals surface area contributed by atoms with Gasteiger partial charge in [0.2, 0.25) is 0 Å². The van der Waals surface area contributed by atoms with Gasteiger partial charge < -0.3 is 25.0 Å². The van der Waals surface area contributed by atoms with Crippen LogP contribution in [0.3, 0.4) is 0 Å². The second-order valence-electron chi connectivity index (χ2n) is 8.01. The number of aliphatic hydroxyl groups is 1. The SMILES string of the molecule is CC[C@H]1O[C@@H](n2cc(C#CCNC(=O)C(F)(F)F)c3c(NC(=O)c4ccccc4)ncnc32)CC1O. The van der Waals surface area contributed by atoms with E-state index < -0.39 is 36.9 Å². The van der Waals surface area contributed by atoms with Crippen LogP contribution in [0, 0.1) is 11.8 Å². The molecule has 1 saturated heterocycles. The van der Waals surface area contributed by atoms with E-state index in [4.69, 9.17) is 4.74 Å². The van der Waals surface area contributed by atoms with E-state index in [1.54, 1.807) is 46.4 Å². The summed E-state index contributed by atoms with van der Waals surface area (Å²) < 4.78 is 44.9. The number of nitrogens with zero attached hydrogens (tertiary/aromatic N) is 3. The van der Waals surface area contributed by atoms with Crippen molar-refractivity contribution in [2.75, 3.05) is 11.9 Å². The van der Waals surface area contributed by atoms with E-state index in [2.05, 4.69) is 27.1 Å². The molecule has 1 aliphatic rings. The molecule has 3 heterocycles. The molecule has 0 bridgehead atoms. The van der Waals surface area contributed by atoms with Gasteiger partial charge in [0.05, 0.1) is 29.7 Å². The molecule has 0 radical (unpaired) electrons. The molecule has 3 atom stereocenters. The maximum absolute atomic E-state index is 12.8. The zero-order valence-corrected chi connectivity index (χ0v) is 19.0. The molecule has 36 heavy (non-hydrogen) atoms. The first kappa shape index (κ1) is 25.2. The van der Waals surface area contributed by atoms with Crippen LogP contribution in [0.5, 0.6) is 0 Å². The largest absolute Gasteiger partial charge is 0.471 e. The molecule has 1 aliphatic heterocycles. The third-order valence-corrected chi connectivity index (χ3v) is 5.61. The quantitative estimate of drug-likeness (QED) is 0.463. The number of aliphatic hydroxyl groups excluding tert-OH is 1. The van der Waals surface area contributed by atoms with Gasteiger partial charge in [0.1, 0.15) is 24.0 Å². The van der Waals surface area contributed by atoms with Crippen LogP contribution in [0.1, 0.15) is 41.9 Å². The highest BCUT2D eigenvalue weighted by molar-refractivity contribution is 6.08. The maximum atomic E-state index is 12.8. The van der Waals surface area contributed by atoms with Gasteiger partial charge in [0, 0.05) is 18.2 Å². The first-order valence-electron chi connectivity index (χ1n) is 11.1. The van der Waals surface area contributed by atoms with E-state index in [0.29, 0.717) is 28.6 Å². The number of carbonyl (C=O) groups is 2. The van der Waals surface area contributed by atoms with E-state index in [-0.39, 0.29) is 18.3 Å². The van der Waals surface area contributed by atoms with Crippen LogP contribution in [0.4, 0.5) is 19.0 Å². The molecule has 4 rings (SSSR count). The number of aromatic nitrogens is 3. The Morgan fingerprint density at radius 2 is 2.00 bits per heavy atom. The fourth-order valence-corrected chi connectivity index (χ4v) is 3.88. The van der Waals surface area contributed by atoms with E-state index in [1.807, 2.05) is 6.92 Å². The first-order chi connectivity index (χ1) is 17.2. The molecule has 9 nitrogen and oxygen atoms in total. The number of benzene rings is 1. The van der Waals surface area contributed by atoms with Crippen molar-refractivity contribution >= 4 is 28.7 Å². The number of alkyl halides is 3. The molecule has 12 heteroatoms. The monoisotopic (exact) mass is 501 g/mol. The number of hydrogen-bond acceptors (Lipinski definition) is 6. The lowest BCUT2D eigenvalue weighted by atomic mass is 10.1. The lowest BCUT2D eigenvalue weighted by Crippen LogP contribution is -2.36. The zero-order chi connectivity index (χ0) is 25.9. The minimum Gasteiger partial charge on any atom is -0.390 e. The average molecular weight is 501 g/mol. The van der Waals surface area contributed by atoms with Gasteiger partial charge >= 0.3 is 12.1 Å². The Balaban J connectivity index is 1.71.